The summed E-state index contributed by atoms with van der Waals surface area (Å²) < 4.78 is 2.67. The van der Waals surface area contributed by atoms with Gasteiger partial charge in [0.15, 0.2) is 4.77 Å². The average molecular weight is 284 g/mol. The lowest BCUT2D eigenvalue weighted by Gasteiger charge is -2.04. The van der Waals surface area contributed by atoms with E-state index in [0.29, 0.717) is 16.2 Å². The van der Waals surface area contributed by atoms with Crippen molar-refractivity contribution in [3.8, 4) is 0 Å². The van der Waals surface area contributed by atoms with Gasteiger partial charge in [-0.05, 0) is 43.3 Å². The Balaban J connectivity index is 2.17. The molecule has 0 spiro atoms. The summed E-state index contributed by atoms with van der Waals surface area (Å²) in [5, 5.41) is 0.683. The summed E-state index contributed by atoms with van der Waals surface area (Å²) in [4.78, 5) is 13.8. The minimum atomic E-state index is -0.263. The van der Waals surface area contributed by atoms with Crippen molar-refractivity contribution in [3.05, 3.63) is 28.0 Å². The van der Waals surface area contributed by atoms with E-state index < -0.39 is 0 Å². The number of hydrogen-bond acceptors (Lipinski definition) is 2. The van der Waals surface area contributed by atoms with Crippen LogP contribution in [0.5, 0.6) is 0 Å². The third-order valence-corrected chi connectivity index (χ3v) is 3.35. The SMILES string of the molecule is NC(=O)CCCCn1c(=S)[nH]c2ccc(Cl)cc21. The van der Waals surface area contributed by atoms with Crippen molar-refractivity contribution in [3.63, 3.8) is 0 Å². The topological polar surface area (TPSA) is 63.8 Å². The molecule has 0 unspecified atom stereocenters. The molecular weight excluding hydrogens is 270 g/mol. The van der Waals surface area contributed by atoms with Gasteiger partial charge >= 0.3 is 0 Å². The predicted octanol–water partition coefficient (Wildman–Crippen LogP) is 3.01. The number of fused-ring (bicyclic) bond motifs is 1. The minimum Gasteiger partial charge on any atom is -0.370 e. The summed E-state index contributed by atoms with van der Waals surface area (Å²) in [6.45, 7) is 0.756. The van der Waals surface area contributed by atoms with E-state index in [1.807, 2.05) is 22.8 Å². The van der Waals surface area contributed by atoms with Gasteiger partial charge in [0.25, 0.3) is 0 Å². The molecule has 0 saturated carbocycles. The van der Waals surface area contributed by atoms with Crippen molar-refractivity contribution >= 4 is 40.8 Å². The van der Waals surface area contributed by atoms with E-state index in [9.17, 15) is 4.79 Å². The van der Waals surface area contributed by atoms with E-state index in [-0.39, 0.29) is 5.91 Å². The molecule has 2 aromatic rings. The second kappa shape index (κ2) is 5.54. The fourth-order valence-corrected chi connectivity index (χ4v) is 2.38. The maximum atomic E-state index is 10.7. The van der Waals surface area contributed by atoms with Gasteiger partial charge in [-0.15, -0.1) is 0 Å². The molecular formula is C12H14ClN3OS. The number of nitrogens with two attached hydrogens (primary N) is 1. The van der Waals surface area contributed by atoms with Crippen LogP contribution in [0.1, 0.15) is 19.3 Å². The summed E-state index contributed by atoms with van der Waals surface area (Å²) in [7, 11) is 0. The molecule has 6 heteroatoms. The van der Waals surface area contributed by atoms with Crippen molar-refractivity contribution < 1.29 is 4.79 Å². The molecule has 0 aliphatic rings. The highest BCUT2D eigenvalue weighted by molar-refractivity contribution is 7.71. The van der Waals surface area contributed by atoms with Gasteiger partial charge in [0.1, 0.15) is 0 Å². The highest BCUT2D eigenvalue weighted by Crippen LogP contribution is 2.19. The largest absolute Gasteiger partial charge is 0.370 e. The van der Waals surface area contributed by atoms with Crippen LogP contribution in [0.15, 0.2) is 18.2 Å². The first kappa shape index (κ1) is 13.1. The minimum absolute atomic E-state index is 0.263. The van der Waals surface area contributed by atoms with E-state index in [1.54, 1.807) is 0 Å². The fraction of sp³-hybridized carbons (Fsp3) is 0.333. The van der Waals surface area contributed by atoms with Crippen LogP contribution in [0.3, 0.4) is 0 Å². The zero-order chi connectivity index (χ0) is 13.1. The summed E-state index contributed by atoms with van der Waals surface area (Å²) in [5.41, 5.74) is 7.07. The Morgan fingerprint density at radius 3 is 2.94 bits per heavy atom. The van der Waals surface area contributed by atoms with Crippen LogP contribution in [-0.4, -0.2) is 15.5 Å². The van der Waals surface area contributed by atoms with Crippen LogP contribution in [0.25, 0.3) is 11.0 Å². The molecule has 4 nitrogen and oxygen atoms in total. The van der Waals surface area contributed by atoms with Crippen molar-refractivity contribution in [2.24, 2.45) is 5.73 Å². The summed E-state index contributed by atoms with van der Waals surface area (Å²) in [5.74, 6) is -0.263. The van der Waals surface area contributed by atoms with Gasteiger partial charge in [-0.25, -0.2) is 0 Å². The van der Waals surface area contributed by atoms with Gasteiger partial charge < -0.3 is 15.3 Å². The lowest BCUT2D eigenvalue weighted by atomic mass is 10.2. The first-order valence-electron chi connectivity index (χ1n) is 5.74. The Morgan fingerprint density at radius 2 is 2.22 bits per heavy atom. The highest BCUT2D eigenvalue weighted by Gasteiger charge is 2.05. The third-order valence-electron chi connectivity index (χ3n) is 2.79. The first-order valence-corrected chi connectivity index (χ1v) is 6.53. The average Bonchev–Trinajstić information content (AvgIpc) is 2.60. The van der Waals surface area contributed by atoms with Gasteiger partial charge in [0.2, 0.25) is 5.91 Å². The molecule has 1 aromatic heterocycles. The smallest absolute Gasteiger partial charge is 0.217 e. The quantitative estimate of drug-likeness (QED) is 0.654. The lowest BCUT2D eigenvalue weighted by Crippen LogP contribution is -2.10. The van der Waals surface area contributed by atoms with Gasteiger partial charge in [-0.2, -0.15) is 0 Å². The van der Waals surface area contributed by atoms with Gasteiger partial charge in [0.05, 0.1) is 11.0 Å². The number of unbranched alkanes of at least 4 members (excludes halogenated alkanes) is 1. The number of hydrogen-bond donors (Lipinski definition) is 2. The van der Waals surface area contributed by atoms with Crippen LogP contribution >= 0.6 is 23.8 Å². The maximum absolute atomic E-state index is 10.7. The molecule has 1 amide bonds. The summed E-state index contributed by atoms with van der Waals surface area (Å²) in [6.07, 6.45) is 2.04. The molecule has 3 N–H and O–H groups in total. The zero-order valence-corrected chi connectivity index (χ0v) is 11.4. The van der Waals surface area contributed by atoms with Crippen molar-refractivity contribution in [2.75, 3.05) is 0 Å². The molecule has 2 rings (SSSR count). The number of primary amides is 1. The number of H-pyrrole nitrogens is 1. The van der Waals surface area contributed by atoms with Gasteiger partial charge in [0, 0.05) is 18.0 Å². The van der Waals surface area contributed by atoms with E-state index in [0.717, 1.165) is 30.4 Å². The molecule has 1 aromatic carbocycles. The first-order chi connectivity index (χ1) is 8.58. The molecule has 0 bridgehead atoms. The molecule has 0 saturated heterocycles. The number of rotatable bonds is 5. The Bertz CT molecular complexity index is 632. The number of carbonyl (C=O) groups excluding carboxylic acids is 1. The Labute approximate surface area is 115 Å². The second-order valence-corrected chi connectivity index (χ2v) is 4.99. The third kappa shape index (κ3) is 2.91. The fourth-order valence-electron chi connectivity index (χ4n) is 1.92. The van der Waals surface area contributed by atoms with E-state index in [1.165, 1.54) is 0 Å². The summed E-state index contributed by atoms with van der Waals surface area (Å²) in [6, 6.07) is 5.62. The van der Waals surface area contributed by atoms with Crippen LogP contribution in [0, 0.1) is 4.77 Å². The molecule has 1 heterocycles. The monoisotopic (exact) mass is 283 g/mol. The number of imidazole rings is 1. The number of aryl methyl sites for hydroxylation is 1. The molecule has 0 atom stereocenters. The number of carbonyl (C=O) groups is 1. The maximum Gasteiger partial charge on any atom is 0.217 e. The molecule has 18 heavy (non-hydrogen) atoms. The van der Waals surface area contributed by atoms with Crippen LogP contribution in [0.2, 0.25) is 5.02 Å². The van der Waals surface area contributed by atoms with Crippen LogP contribution in [0.4, 0.5) is 0 Å². The van der Waals surface area contributed by atoms with E-state index >= 15 is 0 Å². The molecule has 0 radical (unpaired) electrons. The standard InChI is InChI=1S/C12H14ClN3OS/c13-8-4-5-9-10(7-8)16(12(18)15-9)6-2-1-3-11(14)17/h4-5,7H,1-3,6H2,(H2,14,17)(H,15,18). The predicted molar refractivity (Wildman–Crippen MR) is 75.2 cm³/mol. The number of nitrogens with one attached hydrogen (secondary N) is 1. The van der Waals surface area contributed by atoms with Gasteiger partial charge in [-0.1, -0.05) is 11.6 Å². The van der Waals surface area contributed by atoms with Crippen molar-refractivity contribution in [2.45, 2.75) is 25.8 Å². The van der Waals surface area contributed by atoms with Gasteiger partial charge in [-0.3, -0.25) is 4.79 Å². The molecule has 0 aliphatic carbocycles. The van der Waals surface area contributed by atoms with Crippen molar-refractivity contribution in [1.82, 2.24) is 9.55 Å². The molecule has 96 valence electrons. The van der Waals surface area contributed by atoms with Crippen LogP contribution < -0.4 is 5.73 Å². The summed E-state index contributed by atoms with van der Waals surface area (Å²) >= 11 is 11.3. The Hall–Kier alpha value is -1.33. The number of amides is 1. The zero-order valence-electron chi connectivity index (χ0n) is 9.78. The van der Waals surface area contributed by atoms with Crippen LogP contribution in [-0.2, 0) is 11.3 Å². The van der Waals surface area contributed by atoms with E-state index in [2.05, 4.69) is 4.98 Å². The van der Waals surface area contributed by atoms with Crippen molar-refractivity contribution in [1.29, 1.82) is 0 Å². The number of halogens is 1. The molecule has 0 fully saturated rings. The normalized spacial score (nSPS) is 10.9. The number of aromatic nitrogens is 2. The van der Waals surface area contributed by atoms with E-state index in [4.69, 9.17) is 29.6 Å². The Kier molecular flexibility index (Phi) is 4.04. The number of aromatic amines is 1. The highest BCUT2D eigenvalue weighted by atomic mass is 35.5. The lowest BCUT2D eigenvalue weighted by molar-refractivity contribution is -0.118. The number of benzene rings is 1. The molecule has 0 aliphatic heterocycles. The second-order valence-electron chi connectivity index (χ2n) is 4.17. The number of nitrogens with zero attached hydrogens (tertiary/aromatic N) is 1. The Morgan fingerprint density at radius 1 is 1.44 bits per heavy atom.